The van der Waals surface area contributed by atoms with E-state index in [1.807, 2.05) is 18.2 Å². The van der Waals surface area contributed by atoms with Crippen molar-refractivity contribution in [2.75, 3.05) is 40.3 Å². The molecule has 1 aliphatic rings. The van der Waals surface area contributed by atoms with Crippen LogP contribution >= 0.6 is 0 Å². The van der Waals surface area contributed by atoms with Crippen LogP contribution < -0.4 is 10.6 Å². The van der Waals surface area contributed by atoms with Crippen molar-refractivity contribution in [2.45, 2.75) is 32.4 Å². The van der Waals surface area contributed by atoms with E-state index < -0.39 is 0 Å². The first-order valence-corrected chi connectivity index (χ1v) is 8.96. The Bertz CT molecular complexity index is 560. The fourth-order valence-corrected chi connectivity index (χ4v) is 2.90. The molecule has 1 aliphatic heterocycles. The van der Waals surface area contributed by atoms with Crippen LogP contribution in [0.5, 0.6) is 0 Å². The molecular weight excluding hydrogens is 316 g/mol. The number of likely N-dealkylation sites (tertiary alicyclic amines) is 1. The van der Waals surface area contributed by atoms with E-state index in [0.717, 1.165) is 25.3 Å². The fraction of sp³-hybridized carbons (Fsp3) is 0.611. The number of aliphatic imine (C=N–C) groups is 1. The van der Waals surface area contributed by atoms with Gasteiger partial charge in [-0.2, -0.15) is 0 Å². The quantitative estimate of drug-likeness (QED) is 0.561. The van der Waals surface area contributed by atoms with Gasteiger partial charge in [0, 0.05) is 32.9 Å². The highest BCUT2D eigenvalue weighted by atomic mass is 16.2. The van der Waals surface area contributed by atoms with E-state index in [4.69, 9.17) is 0 Å². The van der Waals surface area contributed by atoms with E-state index in [1.54, 1.807) is 25.2 Å². The van der Waals surface area contributed by atoms with Gasteiger partial charge in [-0.05, 0) is 38.1 Å². The molecule has 0 bridgehead atoms. The molecule has 0 saturated carbocycles. The van der Waals surface area contributed by atoms with E-state index in [0.29, 0.717) is 18.5 Å². The third-order valence-corrected chi connectivity index (χ3v) is 4.44. The lowest BCUT2D eigenvalue weighted by atomic mass is 10.2. The summed E-state index contributed by atoms with van der Waals surface area (Å²) in [6.07, 6.45) is 4.21. The van der Waals surface area contributed by atoms with Crippen molar-refractivity contribution in [3.8, 4) is 0 Å². The second kappa shape index (κ2) is 9.98. The maximum atomic E-state index is 11.8. The van der Waals surface area contributed by atoms with Crippen LogP contribution in [0.2, 0.25) is 0 Å². The summed E-state index contributed by atoms with van der Waals surface area (Å²) in [4.78, 5) is 24.8. The van der Waals surface area contributed by atoms with E-state index >= 15 is 0 Å². The number of aromatic nitrogens is 1. The average molecular weight is 346 g/mol. The molecule has 2 rings (SSSR count). The maximum Gasteiger partial charge on any atom is 0.241 e. The zero-order chi connectivity index (χ0) is 18.1. The minimum absolute atomic E-state index is 0.0170. The molecule has 7 nitrogen and oxygen atoms in total. The number of amides is 1. The molecule has 1 unspecified atom stereocenters. The van der Waals surface area contributed by atoms with Crippen LogP contribution in [0, 0.1) is 0 Å². The van der Waals surface area contributed by atoms with Crippen molar-refractivity contribution in [3.05, 3.63) is 30.1 Å². The summed E-state index contributed by atoms with van der Waals surface area (Å²) in [5, 5.41) is 6.52. The third kappa shape index (κ3) is 6.34. The summed E-state index contributed by atoms with van der Waals surface area (Å²) in [7, 11) is 3.50. The molecule has 1 saturated heterocycles. The van der Waals surface area contributed by atoms with E-state index in [-0.39, 0.29) is 12.5 Å². The summed E-state index contributed by atoms with van der Waals surface area (Å²) in [6.45, 7) is 5.97. The van der Waals surface area contributed by atoms with E-state index in [9.17, 15) is 4.79 Å². The summed E-state index contributed by atoms with van der Waals surface area (Å²) < 4.78 is 0. The zero-order valence-corrected chi connectivity index (χ0v) is 15.5. The van der Waals surface area contributed by atoms with Gasteiger partial charge in [-0.25, -0.2) is 4.99 Å². The highest BCUT2D eigenvalue weighted by Gasteiger charge is 2.22. The molecule has 1 aromatic rings. The molecule has 2 N–H and O–H groups in total. The number of carbonyl (C=O) groups excluding carboxylic acids is 1. The molecule has 1 atom stereocenters. The van der Waals surface area contributed by atoms with Crippen molar-refractivity contribution in [3.63, 3.8) is 0 Å². The number of nitrogens with zero attached hydrogens (tertiary/aromatic N) is 4. The minimum Gasteiger partial charge on any atom is -0.355 e. The number of carbonyl (C=O) groups is 1. The third-order valence-electron chi connectivity index (χ3n) is 4.44. The molecule has 2 heterocycles. The van der Waals surface area contributed by atoms with Crippen LogP contribution in [0.25, 0.3) is 0 Å². The van der Waals surface area contributed by atoms with Crippen LogP contribution in [0.4, 0.5) is 0 Å². The number of hydrogen-bond donors (Lipinski definition) is 2. The molecule has 1 amide bonds. The number of likely N-dealkylation sites (N-methyl/N-ethyl adjacent to an activating group) is 2. The standard InChI is InChI=1S/C18H30N6O/c1-4-24-11-7-9-16(24)13-21-18(22-14-17(25)23(2)3)20-12-15-8-5-6-10-19-15/h5-6,8,10,16H,4,7,9,11-14H2,1-3H3,(H2,20,21,22). The lowest BCUT2D eigenvalue weighted by molar-refractivity contribution is -0.127. The highest BCUT2D eigenvalue weighted by molar-refractivity contribution is 5.86. The number of nitrogens with one attached hydrogen (secondary N) is 2. The van der Waals surface area contributed by atoms with Crippen LogP contribution in [0.15, 0.2) is 29.4 Å². The molecule has 1 aromatic heterocycles. The number of hydrogen-bond acceptors (Lipinski definition) is 4. The molecular formula is C18H30N6O. The Morgan fingerprint density at radius 3 is 2.92 bits per heavy atom. The predicted octanol–water partition coefficient (Wildman–Crippen LogP) is 0.689. The summed E-state index contributed by atoms with van der Waals surface area (Å²) in [6, 6.07) is 6.31. The molecule has 25 heavy (non-hydrogen) atoms. The van der Waals surface area contributed by atoms with Crippen molar-refractivity contribution in [2.24, 2.45) is 4.99 Å². The van der Waals surface area contributed by atoms with Gasteiger partial charge in [0.25, 0.3) is 0 Å². The Labute approximate surface area is 150 Å². The molecule has 138 valence electrons. The fourth-order valence-electron chi connectivity index (χ4n) is 2.90. The Morgan fingerprint density at radius 1 is 1.40 bits per heavy atom. The number of pyridine rings is 1. The Balaban J connectivity index is 1.94. The van der Waals surface area contributed by atoms with Gasteiger partial charge < -0.3 is 15.5 Å². The Morgan fingerprint density at radius 2 is 2.24 bits per heavy atom. The number of rotatable bonds is 7. The molecule has 0 radical (unpaired) electrons. The monoisotopic (exact) mass is 346 g/mol. The van der Waals surface area contributed by atoms with Gasteiger partial charge in [-0.3, -0.25) is 14.7 Å². The average Bonchev–Trinajstić information content (AvgIpc) is 3.09. The van der Waals surface area contributed by atoms with Crippen LogP contribution in [-0.4, -0.2) is 73.0 Å². The highest BCUT2D eigenvalue weighted by Crippen LogP contribution is 2.15. The SMILES string of the molecule is CCN1CCCC1CNC(=NCc1ccccn1)NCC(=O)N(C)C. The van der Waals surface area contributed by atoms with Crippen molar-refractivity contribution < 1.29 is 4.79 Å². The van der Waals surface area contributed by atoms with Gasteiger partial charge in [-0.1, -0.05) is 13.0 Å². The van der Waals surface area contributed by atoms with Gasteiger partial charge in [-0.15, -0.1) is 0 Å². The Kier molecular flexibility index (Phi) is 7.66. The predicted molar refractivity (Wildman–Crippen MR) is 100 cm³/mol. The van der Waals surface area contributed by atoms with Crippen molar-refractivity contribution >= 4 is 11.9 Å². The zero-order valence-electron chi connectivity index (χ0n) is 15.5. The summed E-state index contributed by atoms with van der Waals surface area (Å²) in [5.74, 6) is 0.673. The molecule has 1 fully saturated rings. The van der Waals surface area contributed by atoms with Gasteiger partial charge in [0.05, 0.1) is 18.8 Å². The Hall–Kier alpha value is -2.15. The van der Waals surface area contributed by atoms with Crippen LogP contribution in [0.1, 0.15) is 25.5 Å². The normalized spacial score (nSPS) is 18.2. The lowest BCUT2D eigenvalue weighted by Crippen LogP contribution is -2.47. The van der Waals surface area contributed by atoms with Crippen LogP contribution in [0.3, 0.4) is 0 Å². The molecule has 7 heteroatoms. The summed E-state index contributed by atoms with van der Waals surface area (Å²) >= 11 is 0. The molecule has 0 aliphatic carbocycles. The minimum atomic E-state index is 0.0170. The van der Waals surface area contributed by atoms with E-state index in [2.05, 4.69) is 32.4 Å². The lowest BCUT2D eigenvalue weighted by Gasteiger charge is -2.24. The van der Waals surface area contributed by atoms with E-state index in [1.165, 1.54) is 12.8 Å². The first-order valence-electron chi connectivity index (χ1n) is 8.96. The summed E-state index contributed by atoms with van der Waals surface area (Å²) in [5.41, 5.74) is 0.901. The molecule has 0 spiro atoms. The number of guanidine groups is 1. The van der Waals surface area contributed by atoms with Crippen molar-refractivity contribution in [1.82, 2.24) is 25.4 Å². The van der Waals surface area contributed by atoms with Gasteiger partial charge in [0.2, 0.25) is 5.91 Å². The largest absolute Gasteiger partial charge is 0.355 e. The second-order valence-electron chi connectivity index (χ2n) is 6.43. The topological polar surface area (TPSA) is 72.9 Å². The molecule has 0 aromatic carbocycles. The van der Waals surface area contributed by atoms with Crippen LogP contribution in [-0.2, 0) is 11.3 Å². The van der Waals surface area contributed by atoms with Gasteiger partial charge in [0.15, 0.2) is 5.96 Å². The van der Waals surface area contributed by atoms with Gasteiger partial charge in [0.1, 0.15) is 0 Å². The first kappa shape index (κ1) is 19.2. The second-order valence-corrected chi connectivity index (χ2v) is 6.43. The first-order chi connectivity index (χ1) is 12.1. The smallest absolute Gasteiger partial charge is 0.241 e. The maximum absolute atomic E-state index is 11.8. The van der Waals surface area contributed by atoms with Crippen molar-refractivity contribution in [1.29, 1.82) is 0 Å². The van der Waals surface area contributed by atoms with Gasteiger partial charge >= 0.3 is 0 Å².